The van der Waals surface area contributed by atoms with E-state index in [9.17, 15) is 15.0 Å². The minimum Gasteiger partial charge on any atom is -0.508 e. The molecule has 0 bridgehead atoms. The fraction of sp³-hybridized carbons (Fsp3) is 0.250. The van der Waals surface area contributed by atoms with Crippen molar-refractivity contribution in [2.45, 2.75) is 49.8 Å². The number of aromatic carboxylic acids is 1. The summed E-state index contributed by atoms with van der Waals surface area (Å²) < 4.78 is 2.20. The smallest absolute Gasteiger partial charge is 0.335 e. The molecular formula is C28H27NO3S. The van der Waals surface area contributed by atoms with Crippen molar-refractivity contribution in [1.29, 1.82) is 0 Å². The van der Waals surface area contributed by atoms with Gasteiger partial charge in [-0.05, 0) is 97.3 Å². The summed E-state index contributed by atoms with van der Waals surface area (Å²) in [5, 5.41) is 20.7. The number of aromatic nitrogens is 1. The largest absolute Gasteiger partial charge is 0.508 e. The van der Waals surface area contributed by atoms with Crippen LogP contribution in [0.15, 0.2) is 71.6 Å². The van der Waals surface area contributed by atoms with Crippen LogP contribution in [0, 0.1) is 6.92 Å². The van der Waals surface area contributed by atoms with Crippen molar-refractivity contribution >= 4 is 28.8 Å². The van der Waals surface area contributed by atoms with E-state index in [1.165, 1.54) is 30.4 Å². The van der Waals surface area contributed by atoms with Crippen molar-refractivity contribution < 1.29 is 15.0 Å². The third-order valence-corrected chi connectivity index (χ3v) is 7.63. The zero-order chi connectivity index (χ0) is 22.9. The molecule has 4 aromatic rings. The Hall–Kier alpha value is -3.18. The first-order valence-corrected chi connectivity index (χ1v) is 12.2. The van der Waals surface area contributed by atoms with Crippen molar-refractivity contribution in [2.24, 2.45) is 0 Å². The van der Waals surface area contributed by atoms with Gasteiger partial charge < -0.3 is 10.2 Å². The molecular weight excluding hydrogens is 430 g/mol. The van der Waals surface area contributed by atoms with E-state index in [2.05, 4.69) is 35.2 Å². The lowest BCUT2D eigenvalue weighted by Gasteiger charge is -2.23. The second-order valence-corrected chi connectivity index (χ2v) is 9.90. The molecule has 1 aliphatic carbocycles. The van der Waals surface area contributed by atoms with E-state index in [0.717, 1.165) is 39.9 Å². The highest BCUT2D eigenvalue weighted by Gasteiger charge is 2.27. The zero-order valence-electron chi connectivity index (χ0n) is 18.6. The molecule has 0 aliphatic heterocycles. The van der Waals surface area contributed by atoms with Gasteiger partial charge in [-0.25, -0.2) is 4.79 Å². The maximum absolute atomic E-state index is 11.8. The predicted molar refractivity (Wildman–Crippen MR) is 134 cm³/mol. The fourth-order valence-electron chi connectivity index (χ4n) is 4.91. The van der Waals surface area contributed by atoms with Crippen molar-refractivity contribution in [3.63, 3.8) is 0 Å². The summed E-state index contributed by atoms with van der Waals surface area (Å²) >= 11 is 1.62. The number of hydrogen-bond donors (Lipinski definition) is 2. The van der Waals surface area contributed by atoms with Crippen LogP contribution in [0.4, 0.5) is 0 Å². The van der Waals surface area contributed by atoms with Crippen LogP contribution in [0.5, 0.6) is 5.75 Å². The molecule has 33 heavy (non-hydrogen) atoms. The summed E-state index contributed by atoms with van der Waals surface area (Å²) in [7, 11) is 0. The Labute approximate surface area is 198 Å². The highest BCUT2D eigenvalue weighted by molar-refractivity contribution is 7.98. The third kappa shape index (κ3) is 4.25. The Morgan fingerprint density at radius 1 is 0.939 bits per heavy atom. The first-order valence-electron chi connectivity index (χ1n) is 11.5. The van der Waals surface area contributed by atoms with Crippen LogP contribution < -0.4 is 0 Å². The third-order valence-electron chi connectivity index (χ3n) is 6.58. The van der Waals surface area contributed by atoms with E-state index in [0.29, 0.717) is 11.5 Å². The molecule has 0 radical (unpaired) electrons. The topological polar surface area (TPSA) is 62.5 Å². The Kier molecular flexibility index (Phi) is 5.90. The van der Waals surface area contributed by atoms with Gasteiger partial charge in [-0.3, -0.25) is 3.97 Å². The first kappa shape index (κ1) is 21.7. The summed E-state index contributed by atoms with van der Waals surface area (Å²) in [4.78, 5) is 12.9. The second-order valence-electron chi connectivity index (χ2n) is 8.88. The molecule has 0 amide bonds. The molecule has 1 saturated carbocycles. The van der Waals surface area contributed by atoms with Crippen molar-refractivity contribution in [3.05, 3.63) is 83.4 Å². The van der Waals surface area contributed by atoms with Crippen LogP contribution in [-0.4, -0.2) is 20.2 Å². The quantitative estimate of drug-likeness (QED) is 0.323. The molecule has 4 nitrogen and oxygen atoms in total. The number of carbonyl (C=O) groups is 1. The second kappa shape index (κ2) is 8.99. The van der Waals surface area contributed by atoms with Gasteiger partial charge in [-0.15, -0.1) is 0 Å². The summed E-state index contributed by atoms with van der Waals surface area (Å²) in [6.45, 7) is 2.07. The Bertz CT molecular complexity index is 1300. The molecule has 0 atom stereocenters. The molecule has 5 heteroatoms. The Morgan fingerprint density at radius 3 is 2.30 bits per heavy atom. The number of phenolic OH excluding ortho intramolecular Hbond substituents is 1. The van der Waals surface area contributed by atoms with Gasteiger partial charge in [0.1, 0.15) is 5.75 Å². The van der Waals surface area contributed by atoms with Crippen LogP contribution >= 0.6 is 11.9 Å². The average molecular weight is 458 g/mol. The van der Waals surface area contributed by atoms with Gasteiger partial charge >= 0.3 is 5.97 Å². The lowest BCUT2D eigenvalue weighted by atomic mass is 9.82. The summed E-state index contributed by atoms with van der Waals surface area (Å²) in [5.74, 6) is -0.254. The average Bonchev–Trinajstić information content (AvgIpc) is 3.15. The molecule has 0 spiro atoms. The standard InChI is InChI=1S/C28H27NO3S/c1-18-7-14-23(15-8-18)33-29-25-17-21(28(31)32)11-16-24(25)26(19-5-3-2-4-6-19)27(29)20-9-12-22(30)13-10-20/h7-17,19,30H,2-6H2,1H3,(H,31,32). The van der Waals surface area contributed by atoms with Gasteiger partial charge in [0.2, 0.25) is 0 Å². The van der Waals surface area contributed by atoms with Crippen molar-refractivity contribution in [2.75, 3.05) is 0 Å². The number of carboxylic acids is 1. The normalized spacial score (nSPS) is 14.6. The van der Waals surface area contributed by atoms with Crippen LogP contribution in [-0.2, 0) is 0 Å². The first-order chi connectivity index (χ1) is 16.0. The van der Waals surface area contributed by atoms with E-state index in [-0.39, 0.29) is 5.75 Å². The van der Waals surface area contributed by atoms with E-state index in [1.807, 2.05) is 18.2 Å². The monoisotopic (exact) mass is 457 g/mol. The van der Waals surface area contributed by atoms with Gasteiger partial charge in [-0.1, -0.05) is 43.0 Å². The summed E-state index contributed by atoms with van der Waals surface area (Å²) in [6.07, 6.45) is 5.97. The number of rotatable bonds is 5. The molecule has 168 valence electrons. The molecule has 1 heterocycles. The Morgan fingerprint density at radius 2 is 1.64 bits per heavy atom. The van der Waals surface area contributed by atoms with Crippen molar-refractivity contribution in [3.8, 4) is 17.0 Å². The predicted octanol–water partition coefficient (Wildman–Crippen LogP) is 7.62. The SMILES string of the molecule is Cc1ccc(Sn2c(-c3ccc(O)cc3)c(C3CCCCC3)c3ccc(C(=O)O)cc32)cc1. The lowest BCUT2D eigenvalue weighted by molar-refractivity contribution is 0.0697. The number of phenols is 1. The number of hydrogen-bond acceptors (Lipinski definition) is 3. The molecule has 2 N–H and O–H groups in total. The highest BCUT2D eigenvalue weighted by atomic mass is 32.2. The molecule has 0 saturated heterocycles. The fourth-order valence-corrected chi connectivity index (χ4v) is 5.93. The van der Waals surface area contributed by atoms with E-state index in [4.69, 9.17) is 0 Å². The Balaban J connectivity index is 1.80. The molecule has 1 aromatic heterocycles. The lowest BCUT2D eigenvalue weighted by Crippen LogP contribution is -2.06. The molecule has 1 aliphatic rings. The molecule has 0 unspecified atom stereocenters. The van der Waals surface area contributed by atoms with Crippen molar-refractivity contribution in [1.82, 2.24) is 3.97 Å². The number of aryl methyl sites for hydroxylation is 1. The maximum Gasteiger partial charge on any atom is 0.335 e. The van der Waals surface area contributed by atoms with Crippen LogP contribution in [0.3, 0.4) is 0 Å². The number of aromatic hydroxyl groups is 1. The summed E-state index contributed by atoms with van der Waals surface area (Å²) in [6, 6.07) is 21.3. The number of fused-ring (bicyclic) bond motifs is 1. The maximum atomic E-state index is 11.8. The van der Waals surface area contributed by atoms with Gasteiger partial charge in [0.05, 0.1) is 16.8 Å². The van der Waals surface area contributed by atoms with Gasteiger partial charge in [0, 0.05) is 10.3 Å². The zero-order valence-corrected chi connectivity index (χ0v) is 19.4. The molecule has 3 aromatic carbocycles. The molecule has 5 rings (SSSR count). The van der Waals surface area contributed by atoms with Gasteiger partial charge in [0.25, 0.3) is 0 Å². The van der Waals surface area contributed by atoms with E-state index < -0.39 is 5.97 Å². The van der Waals surface area contributed by atoms with Crippen LogP contribution in [0.1, 0.15) is 59.5 Å². The number of benzene rings is 3. The summed E-state index contributed by atoms with van der Waals surface area (Å²) in [5.41, 5.74) is 5.84. The molecule has 1 fully saturated rings. The number of nitrogens with zero attached hydrogens (tertiary/aromatic N) is 1. The minimum absolute atomic E-state index is 0.236. The van der Waals surface area contributed by atoms with Crippen LogP contribution in [0.2, 0.25) is 0 Å². The number of carboxylic acid groups (broad SMARTS) is 1. The van der Waals surface area contributed by atoms with E-state index >= 15 is 0 Å². The highest BCUT2D eigenvalue weighted by Crippen LogP contribution is 2.46. The van der Waals surface area contributed by atoms with Gasteiger partial charge in [-0.2, -0.15) is 0 Å². The minimum atomic E-state index is -0.921. The van der Waals surface area contributed by atoms with Gasteiger partial charge in [0.15, 0.2) is 0 Å². The van der Waals surface area contributed by atoms with Crippen LogP contribution in [0.25, 0.3) is 22.2 Å². The van der Waals surface area contributed by atoms with E-state index in [1.54, 1.807) is 36.2 Å².